The van der Waals surface area contributed by atoms with Crippen LogP contribution in [0.2, 0.25) is 0 Å². The van der Waals surface area contributed by atoms with Crippen molar-refractivity contribution in [2.45, 2.75) is 31.2 Å². The van der Waals surface area contributed by atoms with Crippen LogP contribution in [0.1, 0.15) is 25.3 Å². The number of ether oxygens (including phenoxy) is 1. The summed E-state index contributed by atoms with van der Waals surface area (Å²) in [5.74, 6) is 0.843. The Bertz CT molecular complexity index is 445. The van der Waals surface area contributed by atoms with Crippen LogP contribution >= 0.6 is 0 Å². The quantitative estimate of drug-likeness (QED) is 0.867. The zero-order valence-electron chi connectivity index (χ0n) is 11.6. The summed E-state index contributed by atoms with van der Waals surface area (Å²) >= 11 is 0. The molecule has 1 aliphatic heterocycles. The normalized spacial score (nSPS) is 17.6. The van der Waals surface area contributed by atoms with E-state index in [-0.39, 0.29) is 0 Å². The van der Waals surface area contributed by atoms with E-state index in [1.807, 2.05) is 32.2 Å². The van der Waals surface area contributed by atoms with E-state index in [1.165, 1.54) is 0 Å². The number of rotatable bonds is 6. The number of nitrogens with zero attached hydrogens (tertiary/aromatic N) is 1. The Hall–Kier alpha value is -0.910. The molecule has 2 rings (SSSR count). The van der Waals surface area contributed by atoms with Crippen LogP contribution in [0.3, 0.4) is 0 Å². The van der Waals surface area contributed by atoms with E-state index in [4.69, 9.17) is 4.74 Å². The fourth-order valence-electron chi connectivity index (χ4n) is 2.30. The van der Waals surface area contributed by atoms with Crippen LogP contribution in [0.4, 0.5) is 0 Å². The Balaban J connectivity index is 2.24. The maximum absolute atomic E-state index is 12.6. The van der Waals surface area contributed by atoms with Gasteiger partial charge in [0.15, 0.2) is 0 Å². The van der Waals surface area contributed by atoms with Gasteiger partial charge in [0, 0.05) is 19.6 Å². The zero-order chi connectivity index (χ0) is 13.7. The molecule has 106 valence electrons. The molecule has 1 aliphatic rings. The predicted octanol–water partition coefficient (Wildman–Crippen LogP) is 1.92. The van der Waals surface area contributed by atoms with Crippen LogP contribution < -0.4 is 10.1 Å². The minimum absolute atomic E-state index is 0.646. The van der Waals surface area contributed by atoms with Gasteiger partial charge in [-0.1, -0.05) is 0 Å². The van der Waals surface area contributed by atoms with Gasteiger partial charge in [-0.15, -0.1) is 0 Å². The standard InChI is InChI=1S/C14H22N2O2S/c1-3-18-13-6-7-14(12(10-13)11-15-2)19(17)16-8-4-5-9-16/h6-7,10,15H,3-5,8-9,11H2,1-2H3. The van der Waals surface area contributed by atoms with Gasteiger partial charge in [-0.3, -0.25) is 0 Å². The molecule has 5 heteroatoms. The molecule has 0 aliphatic carbocycles. The van der Waals surface area contributed by atoms with Crippen molar-refractivity contribution < 1.29 is 8.95 Å². The van der Waals surface area contributed by atoms with Gasteiger partial charge in [-0.05, 0) is 50.6 Å². The van der Waals surface area contributed by atoms with Crippen LogP contribution in [-0.4, -0.2) is 35.3 Å². The Morgan fingerprint density at radius 2 is 2.11 bits per heavy atom. The van der Waals surface area contributed by atoms with Crippen LogP contribution in [0, 0.1) is 0 Å². The van der Waals surface area contributed by atoms with Crippen molar-refractivity contribution in [2.75, 3.05) is 26.7 Å². The van der Waals surface area contributed by atoms with E-state index in [0.717, 1.165) is 42.1 Å². The highest BCUT2D eigenvalue weighted by molar-refractivity contribution is 7.82. The molecule has 1 fully saturated rings. The molecule has 1 saturated heterocycles. The van der Waals surface area contributed by atoms with Crippen LogP contribution in [-0.2, 0) is 17.5 Å². The van der Waals surface area contributed by atoms with Crippen LogP contribution in [0.25, 0.3) is 0 Å². The van der Waals surface area contributed by atoms with E-state index in [2.05, 4.69) is 9.62 Å². The monoisotopic (exact) mass is 282 g/mol. The lowest BCUT2D eigenvalue weighted by molar-refractivity contribution is 0.339. The lowest BCUT2D eigenvalue weighted by atomic mass is 10.2. The van der Waals surface area contributed by atoms with Gasteiger partial charge < -0.3 is 10.1 Å². The summed E-state index contributed by atoms with van der Waals surface area (Å²) in [6.07, 6.45) is 2.29. The van der Waals surface area contributed by atoms with Gasteiger partial charge in [0.1, 0.15) is 16.7 Å². The largest absolute Gasteiger partial charge is 0.494 e. The molecule has 1 heterocycles. The maximum atomic E-state index is 12.6. The van der Waals surface area contributed by atoms with Crippen LogP contribution in [0.15, 0.2) is 23.1 Å². The van der Waals surface area contributed by atoms with Crippen molar-refractivity contribution in [3.05, 3.63) is 23.8 Å². The third-order valence-electron chi connectivity index (χ3n) is 3.20. The molecule has 1 N–H and O–H groups in total. The number of nitrogens with one attached hydrogen (secondary N) is 1. The first-order valence-electron chi connectivity index (χ1n) is 6.83. The molecule has 1 unspecified atom stereocenters. The minimum Gasteiger partial charge on any atom is -0.494 e. The number of benzene rings is 1. The Kier molecular flexibility index (Phi) is 5.36. The van der Waals surface area contributed by atoms with Crippen molar-refractivity contribution in [3.63, 3.8) is 0 Å². The van der Waals surface area contributed by atoms with Crippen molar-refractivity contribution in [1.82, 2.24) is 9.62 Å². The topological polar surface area (TPSA) is 41.6 Å². The Labute approximate surface area is 117 Å². The van der Waals surface area contributed by atoms with Crippen LogP contribution in [0.5, 0.6) is 5.75 Å². The van der Waals surface area contributed by atoms with E-state index >= 15 is 0 Å². The smallest absolute Gasteiger partial charge is 0.127 e. The van der Waals surface area contributed by atoms with Crippen molar-refractivity contribution in [1.29, 1.82) is 0 Å². The Morgan fingerprint density at radius 3 is 2.74 bits per heavy atom. The molecule has 1 aromatic rings. The number of hydrogen-bond donors (Lipinski definition) is 1. The highest BCUT2D eigenvalue weighted by Gasteiger charge is 2.21. The Morgan fingerprint density at radius 1 is 1.37 bits per heavy atom. The molecule has 0 radical (unpaired) electrons. The van der Waals surface area contributed by atoms with Crippen molar-refractivity contribution in [2.24, 2.45) is 0 Å². The highest BCUT2D eigenvalue weighted by Crippen LogP contribution is 2.24. The zero-order valence-corrected chi connectivity index (χ0v) is 12.5. The molecular weight excluding hydrogens is 260 g/mol. The second-order valence-corrected chi connectivity index (χ2v) is 6.07. The van der Waals surface area contributed by atoms with Gasteiger partial charge in [0.25, 0.3) is 0 Å². The van der Waals surface area contributed by atoms with Gasteiger partial charge in [0.05, 0.1) is 11.5 Å². The first-order valence-corrected chi connectivity index (χ1v) is 7.94. The molecule has 0 saturated carbocycles. The minimum atomic E-state index is -1.05. The first kappa shape index (κ1) is 14.5. The lowest BCUT2D eigenvalue weighted by Gasteiger charge is -2.17. The molecule has 0 aromatic heterocycles. The summed E-state index contributed by atoms with van der Waals surface area (Å²) in [4.78, 5) is 0.903. The third kappa shape index (κ3) is 3.55. The first-order chi connectivity index (χ1) is 9.26. The van der Waals surface area contributed by atoms with Gasteiger partial charge >= 0.3 is 0 Å². The summed E-state index contributed by atoms with van der Waals surface area (Å²) in [6, 6.07) is 5.83. The average Bonchev–Trinajstić information content (AvgIpc) is 2.93. The molecule has 4 nitrogen and oxygen atoms in total. The summed E-state index contributed by atoms with van der Waals surface area (Å²) < 4.78 is 20.1. The van der Waals surface area contributed by atoms with Gasteiger partial charge in [-0.2, -0.15) is 0 Å². The average molecular weight is 282 g/mol. The molecule has 0 spiro atoms. The SMILES string of the molecule is CCOc1ccc(S(=O)N2CCCC2)c(CNC)c1. The molecule has 1 aromatic carbocycles. The molecule has 19 heavy (non-hydrogen) atoms. The fourth-order valence-corrected chi connectivity index (χ4v) is 3.71. The van der Waals surface area contributed by atoms with E-state index in [1.54, 1.807) is 0 Å². The van der Waals surface area contributed by atoms with E-state index in [0.29, 0.717) is 13.2 Å². The van der Waals surface area contributed by atoms with Crippen molar-refractivity contribution in [3.8, 4) is 5.75 Å². The van der Waals surface area contributed by atoms with E-state index < -0.39 is 11.0 Å². The summed E-state index contributed by atoms with van der Waals surface area (Å²) in [6.45, 7) is 5.18. The lowest BCUT2D eigenvalue weighted by Crippen LogP contribution is -2.23. The second kappa shape index (κ2) is 7.03. The molecule has 1 atom stereocenters. The summed E-state index contributed by atoms with van der Waals surface area (Å²) in [5.41, 5.74) is 1.05. The predicted molar refractivity (Wildman–Crippen MR) is 77.6 cm³/mol. The van der Waals surface area contributed by atoms with Gasteiger partial charge in [-0.25, -0.2) is 8.51 Å². The third-order valence-corrected chi connectivity index (χ3v) is 4.81. The number of hydrogen-bond acceptors (Lipinski definition) is 3. The van der Waals surface area contributed by atoms with E-state index in [9.17, 15) is 4.21 Å². The fraction of sp³-hybridized carbons (Fsp3) is 0.571. The highest BCUT2D eigenvalue weighted by atomic mass is 32.2. The summed E-state index contributed by atoms with van der Waals surface area (Å²) in [7, 11) is 0.853. The summed E-state index contributed by atoms with van der Waals surface area (Å²) in [5, 5.41) is 3.13. The molecule has 0 amide bonds. The second-order valence-electron chi connectivity index (χ2n) is 4.62. The maximum Gasteiger partial charge on any atom is 0.127 e. The van der Waals surface area contributed by atoms with Gasteiger partial charge in [0.2, 0.25) is 0 Å². The van der Waals surface area contributed by atoms with Crippen molar-refractivity contribution >= 4 is 11.0 Å². The molecular formula is C14H22N2O2S. The molecule has 0 bridgehead atoms.